The monoisotopic (exact) mass is 261 g/mol. The highest BCUT2D eigenvalue weighted by Gasteiger charge is 2.50. The number of rotatable bonds is 6. The molecule has 3 heteroatoms. The number of aryl methyl sites for hydroxylation is 1. The van der Waals surface area contributed by atoms with Gasteiger partial charge in [0.2, 0.25) is 5.91 Å². The summed E-state index contributed by atoms with van der Waals surface area (Å²) in [5.41, 5.74) is 2.15. The molecule has 1 aromatic carbocycles. The summed E-state index contributed by atoms with van der Waals surface area (Å²) < 4.78 is 0. The van der Waals surface area contributed by atoms with Crippen LogP contribution in [0, 0.1) is 5.41 Å². The topological polar surface area (TPSA) is 40.5 Å². The van der Waals surface area contributed by atoms with E-state index in [1.54, 1.807) is 4.90 Å². The van der Waals surface area contributed by atoms with Crippen molar-refractivity contribution >= 4 is 5.91 Å². The lowest BCUT2D eigenvalue weighted by Crippen LogP contribution is -2.37. The van der Waals surface area contributed by atoms with Crippen LogP contribution >= 0.6 is 0 Å². The third-order valence-corrected chi connectivity index (χ3v) is 4.12. The quantitative estimate of drug-likeness (QED) is 0.851. The highest BCUT2D eigenvalue weighted by Crippen LogP contribution is 2.46. The zero-order valence-corrected chi connectivity index (χ0v) is 11.9. The summed E-state index contributed by atoms with van der Waals surface area (Å²) in [6, 6.07) is 8.56. The number of benzene rings is 1. The van der Waals surface area contributed by atoms with Gasteiger partial charge < -0.3 is 10.0 Å². The molecule has 19 heavy (non-hydrogen) atoms. The first kappa shape index (κ1) is 14.1. The number of hydrogen-bond acceptors (Lipinski definition) is 2. The highest BCUT2D eigenvalue weighted by atomic mass is 16.3. The molecular weight excluding hydrogens is 238 g/mol. The Morgan fingerprint density at radius 2 is 1.84 bits per heavy atom. The molecule has 0 aliphatic heterocycles. The van der Waals surface area contributed by atoms with E-state index in [1.807, 2.05) is 7.05 Å². The van der Waals surface area contributed by atoms with Crippen LogP contribution < -0.4 is 0 Å². The summed E-state index contributed by atoms with van der Waals surface area (Å²) in [6.45, 7) is 2.85. The van der Waals surface area contributed by atoms with Gasteiger partial charge in [-0.3, -0.25) is 4.79 Å². The zero-order valence-electron chi connectivity index (χ0n) is 11.9. The van der Waals surface area contributed by atoms with Gasteiger partial charge in [-0.15, -0.1) is 0 Å². The molecule has 3 nitrogen and oxygen atoms in total. The molecule has 0 spiro atoms. The van der Waals surface area contributed by atoms with Gasteiger partial charge in [-0.05, 0) is 36.8 Å². The van der Waals surface area contributed by atoms with Gasteiger partial charge in [0.25, 0.3) is 0 Å². The van der Waals surface area contributed by atoms with Crippen LogP contribution in [-0.2, 0) is 17.6 Å². The van der Waals surface area contributed by atoms with Crippen molar-refractivity contribution in [3.8, 4) is 0 Å². The summed E-state index contributed by atoms with van der Waals surface area (Å²) in [5, 5.41) is 9.27. The minimum atomic E-state index is -0.444. The second-order valence-corrected chi connectivity index (χ2v) is 5.59. The van der Waals surface area contributed by atoms with E-state index in [4.69, 9.17) is 0 Å². The molecule has 0 saturated heterocycles. The number of carbonyl (C=O) groups is 1. The molecule has 0 atom stereocenters. The normalized spacial score (nSPS) is 16.2. The summed E-state index contributed by atoms with van der Waals surface area (Å²) in [7, 11) is 1.83. The van der Waals surface area contributed by atoms with Gasteiger partial charge in [-0.2, -0.15) is 0 Å². The maximum Gasteiger partial charge on any atom is 0.230 e. The van der Waals surface area contributed by atoms with E-state index < -0.39 is 5.41 Å². The summed E-state index contributed by atoms with van der Waals surface area (Å²) in [6.07, 6.45) is 3.58. The average Bonchev–Trinajstić information content (AvgIpc) is 3.25. The van der Waals surface area contributed by atoms with E-state index in [0.717, 1.165) is 25.7 Å². The Balaban J connectivity index is 1.86. The Bertz CT molecular complexity index is 435. The summed E-state index contributed by atoms with van der Waals surface area (Å²) >= 11 is 0. The van der Waals surface area contributed by atoms with Crippen LogP contribution in [0.3, 0.4) is 0 Å². The van der Waals surface area contributed by atoms with Crippen LogP contribution in [0.15, 0.2) is 24.3 Å². The average molecular weight is 261 g/mol. The Hall–Kier alpha value is -1.35. The Morgan fingerprint density at radius 1 is 1.26 bits per heavy atom. The van der Waals surface area contributed by atoms with Crippen LogP contribution in [0.25, 0.3) is 0 Å². The molecule has 0 aromatic heterocycles. The fourth-order valence-electron chi connectivity index (χ4n) is 2.34. The molecule has 1 aliphatic rings. The molecule has 0 bridgehead atoms. The molecule has 0 radical (unpaired) electrons. The molecule has 104 valence electrons. The third-order valence-electron chi connectivity index (χ3n) is 4.12. The zero-order chi connectivity index (χ0) is 13.9. The van der Waals surface area contributed by atoms with Crippen molar-refractivity contribution in [1.29, 1.82) is 0 Å². The molecule has 1 saturated carbocycles. The van der Waals surface area contributed by atoms with Crippen molar-refractivity contribution < 1.29 is 9.90 Å². The molecule has 0 unspecified atom stereocenters. The lowest BCUT2D eigenvalue weighted by Gasteiger charge is -2.22. The number of likely N-dealkylation sites (N-methyl/N-ethyl adjacent to an activating group) is 1. The first-order valence-corrected chi connectivity index (χ1v) is 7.05. The van der Waals surface area contributed by atoms with Crippen LogP contribution in [0.4, 0.5) is 0 Å². The number of hydrogen-bond donors (Lipinski definition) is 1. The van der Waals surface area contributed by atoms with Gasteiger partial charge in [0, 0.05) is 13.6 Å². The molecule has 1 amide bonds. The number of aliphatic hydroxyl groups excluding tert-OH is 1. The second kappa shape index (κ2) is 5.74. The maximum atomic E-state index is 12.1. The van der Waals surface area contributed by atoms with Gasteiger partial charge in [0.05, 0.1) is 12.0 Å². The second-order valence-electron chi connectivity index (χ2n) is 5.59. The highest BCUT2D eigenvalue weighted by molar-refractivity contribution is 5.85. The molecular formula is C16H23NO2. The third kappa shape index (κ3) is 3.16. The van der Waals surface area contributed by atoms with E-state index in [2.05, 4.69) is 31.2 Å². The Labute approximate surface area is 115 Å². The predicted molar refractivity (Wildman–Crippen MR) is 75.9 cm³/mol. The van der Waals surface area contributed by atoms with E-state index in [0.29, 0.717) is 6.54 Å². The van der Waals surface area contributed by atoms with Crippen LogP contribution in [0.1, 0.15) is 30.9 Å². The van der Waals surface area contributed by atoms with E-state index >= 15 is 0 Å². The molecule has 1 aromatic rings. The molecule has 1 fully saturated rings. The number of nitrogens with zero attached hydrogens (tertiary/aromatic N) is 1. The molecule has 2 rings (SSSR count). The van der Waals surface area contributed by atoms with Crippen LogP contribution in [0.5, 0.6) is 0 Å². The van der Waals surface area contributed by atoms with Gasteiger partial charge >= 0.3 is 0 Å². The van der Waals surface area contributed by atoms with Crippen molar-refractivity contribution in [3.05, 3.63) is 35.4 Å². The van der Waals surface area contributed by atoms with Crippen molar-refractivity contribution in [3.63, 3.8) is 0 Å². The maximum absolute atomic E-state index is 12.1. The standard InChI is InChI=1S/C16H23NO2/c1-3-13-4-6-14(7-5-13)8-11-17(2)15(19)16(12-18)9-10-16/h4-7,18H,3,8-12H2,1-2H3. The minimum absolute atomic E-state index is 0.0125. The van der Waals surface area contributed by atoms with Crippen molar-refractivity contribution in [2.24, 2.45) is 5.41 Å². The van der Waals surface area contributed by atoms with Gasteiger partial charge in [0.1, 0.15) is 0 Å². The van der Waals surface area contributed by atoms with E-state index in [1.165, 1.54) is 11.1 Å². The lowest BCUT2D eigenvalue weighted by atomic mass is 10.1. The SMILES string of the molecule is CCc1ccc(CCN(C)C(=O)C2(CO)CC2)cc1. The number of amides is 1. The largest absolute Gasteiger partial charge is 0.395 e. The van der Waals surface area contributed by atoms with Gasteiger partial charge in [-0.25, -0.2) is 0 Å². The smallest absolute Gasteiger partial charge is 0.230 e. The lowest BCUT2D eigenvalue weighted by molar-refractivity contribution is -0.137. The first-order chi connectivity index (χ1) is 9.11. The summed E-state index contributed by atoms with van der Waals surface area (Å²) in [5.74, 6) is 0.0974. The van der Waals surface area contributed by atoms with Crippen LogP contribution in [0.2, 0.25) is 0 Å². The fraction of sp³-hybridized carbons (Fsp3) is 0.562. The Morgan fingerprint density at radius 3 is 2.32 bits per heavy atom. The molecule has 1 N–H and O–H groups in total. The molecule has 1 aliphatic carbocycles. The molecule has 0 heterocycles. The van der Waals surface area contributed by atoms with E-state index in [9.17, 15) is 9.90 Å². The fourth-order valence-corrected chi connectivity index (χ4v) is 2.34. The number of carbonyl (C=O) groups excluding carboxylic acids is 1. The van der Waals surface area contributed by atoms with Crippen molar-refractivity contribution in [1.82, 2.24) is 4.90 Å². The van der Waals surface area contributed by atoms with Gasteiger partial charge in [0.15, 0.2) is 0 Å². The van der Waals surface area contributed by atoms with Crippen molar-refractivity contribution in [2.45, 2.75) is 32.6 Å². The Kier molecular flexibility index (Phi) is 4.25. The number of aliphatic hydroxyl groups is 1. The predicted octanol–water partition coefficient (Wildman–Crippen LogP) is 2.02. The van der Waals surface area contributed by atoms with E-state index in [-0.39, 0.29) is 12.5 Å². The first-order valence-electron chi connectivity index (χ1n) is 7.05. The van der Waals surface area contributed by atoms with Crippen LogP contribution in [-0.4, -0.2) is 36.1 Å². The summed E-state index contributed by atoms with van der Waals surface area (Å²) in [4.78, 5) is 13.9. The van der Waals surface area contributed by atoms with Gasteiger partial charge in [-0.1, -0.05) is 31.2 Å². The minimum Gasteiger partial charge on any atom is -0.395 e. The van der Waals surface area contributed by atoms with Crippen molar-refractivity contribution in [2.75, 3.05) is 20.2 Å².